The van der Waals surface area contributed by atoms with Gasteiger partial charge in [0.25, 0.3) is 5.69 Å². The van der Waals surface area contributed by atoms with Gasteiger partial charge in [-0.1, -0.05) is 0 Å². The molecule has 0 saturated carbocycles. The van der Waals surface area contributed by atoms with Crippen LogP contribution >= 0.6 is 0 Å². The van der Waals surface area contributed by atoms with E-state index in [0.29, 0.717) is 25.2 Å². The van der Waals surface area contributed by atoms with Crippen LogP contribution in [0.15, 0.2) is 42.5 Å². The molecule has 180 valence electrons. The van der Waals surface area contributed by atoms with Crippen LogP contribution < -0.4 is 4.74 Å². The van der Waals surface area contributed by atoms with Crippen LogP contribution in [0.3, 0.4) is 0 Å². The molecule has 0 aliphatic rings. The molecule has 0 saturated heterocycles. The zero-order valence-electron chi connectivity index (χ0n) is 19.9. The molecule has 0 unspecified atom stereocenters. The molecule has 0 atom stereocenters. The quantitative estimate of drug-likeness (QED) is 0.174. The van der Waals surface area contributed by atoms with Gasteiger partial charge in [-0.25, -0.2) is 4.39 Å². The van der Waals surface area contributed by atoms with Gasteiger partial charge < -0.3 is 14.2 Å². The van der Waals surface area contributed by atoms with Crippen LogP contribution in [0.25, 0.3) is 0 Å². The summed E-state index contributed by atoms with van der Waals surface area (Å²) in [6.07, 6.45) is 0.752. The average Bonchev–Trinajstić information content (AvgIpc) is 2.73. The Morgan fingerprint density at radius 3 is 2.33 bits per heavy atom. The molecule has 0 heterocycles. The standard InChI is InChI=1S/C25H32FNO6/c1-6-31-24(2,3)15-16-32-25(4,5)19-8-13-22(27(29)30)18(17-19)7-14-23(28)33-21-11-9-20(26)10-12-21/h8-13,17H,6-7,14-16H2,1-5H3. The zero-order valence-corrected chi connectivity index (χ0v) is 19.9. The Balaban J connectivity index is 2.08. The topological polar surface area (TPSA) is 87.9 Å². The number of carbonyl (C=O) groups excluding carboxylic acids is 1. The molecule has 0 aliphatic carbocycles. The third-order valence-electron chi connectivity index (χ3n) is 5.32. The van der Waals surface area contributed by atoms with E-state index in [1.807, 2.05) is 34.6 Å². The van der Waals surface area contributed by atoms with E-state index in [1.165, 1.54) is 30.3 Å². The van der Waals surface area contributed by atoms with Crippen LogP contribution in [-0.2, 0) is 26.3 Å². The summed E-state index contributed by atoms with van der Waals surface area (Å²) in [4.78, 5) is 23.2. The number of hydrogen-bond donors (Lipinski definition) is 0. The molecule has 2 aromatic carbocycles. The molecule has 8 heteroatoms. The maximum Gasteiger partial charge on any atom is 0.311 e. The van der Waals surface area contributed by atoms with Crippen molar-refractivity contribution >= 4 is 11.7 Å². The van der Waals surface area contributed by atoms with Gasteiger partial charge in [0, 0.05) is 18.2 Å². The summed E-state index contributed by atoms with van der Waals surface area (Å²) in [5.41, 5.74) is 0.114. The van der Waals surface area contributed by atoms with Gasteiger partial charge in [-0.3, -0.25) is 14.9 Å². The first-order chi connectivity index (χ1) is 15.4. The largest absolute Gasteiger partial charge is 0.427 e. The van der Waals surface area contributed by atoms with Crippen molar-refractivity contribution in [2.24, 2.45) is 0 Å². The zero-order chi connectivity index (χ0) is 24.6. The van der Waals surface area contributed by atoms with Gasteiger partial charge in [-0.2, -0.15) is 0 Å². The summed E-state index contributed by atoms with van der Waals surface area (Å²) in [6, 6.07) is 9.89. The van der Waals surface area contributed by atoms with Crippen molar-refractivity contribution in [1.82, 2.24) is 0 Å². The molecule has 2 rings (SSSR count). The smallest absolute Gasteiger partial charge is 0.311 e. The molecule has 0 N–H and O–H groups in total. The molecule has 7 nitrogen and oxygen atoms in total. The third-order valence-corrected chi connectivity index (χ3v) is 5.32. The average molecular weight is 462 g/mol. The number of nitro benzene ring substituents is 1. The lowest BCUT2D eigenvalue weighted by molar-refractivity contribution is -0.385. The first-order valence-electron chi connectivity index (χ1n) is 11.0. The van der Waals surface area contributed by atoms with Crippen LogP contribution in [0.1, 0.15) is 58.6 Å². The Labute approximate surface area is 194 Å². The lowest BCUT2D eigenvalue weighted by Crippen LogP contribution is -2.29. The van der Waals surface area contributed by atoms with Gasteiger partial charge in [0.2, 0.25) is 0 Å². The second-order valence-corrected chi connectivity index (χ2v) is 8.83. The van der Waals surface area contributed by atoms with Crippen molar-refractivity contribution in [3.63, 3.8) is 0 Å². The number of nitro groups is 1. The fourth-order valence-electron chi connectivity index (χ4n) is 3.36. The van der Waals surface area contributed by atoms with Gasteiger partial charge in [-0.05, 0) is 89.4 Å². The highest BCUT2D eigenvalue weighted by molar-refractivity contribution is 5.72. The molecule has 0 aliphatic heterocycles. The first kappa shape index (κ1) is 26.4. The van der Waals surface area contributed by atoms with Crippen LogP contribution in [0.4, 0.5) is 10.1 Å². The van der Waals surface area contributed by atoms with Crippen molar-refractivity contribution in [2.75, 3.05) is 13.2 Å². The second-order valence-electron chi connectivity index (χ2n) is 8.83. The Morgan fingerprint density at radius 1 is 1.06 bits per heavy atom. The molecule has 33 heavy (non-hydrogen) atoms. The fraction of sp³-hybridized carbons (Fsp3) is 0.480. The van der Waals surface area contributed by atoms with Gasteiger partial charge in [0.1, 0.15) is 11.6 Å². The highest BCUT2D eigenvalue weighted by Crippen LogP contribution is 2.31. The summed E-state index contributed by atoms with van der Waals surface area (Å²) >= 11 is 0. The molecule has 0 spiro atoms. The highest BCUT2D eigenvalue weighted by Gasteiger charge is 2.26. The minimum Gasteiger partial charge on any atom is -0.427 e. The number of ether oxygens (including phenoxy) is 3. The predicted molar refractivity (Wildman–Crippen MR) is 123 cm³/mol. The normalized spacial score (nSPS) is 11.9. The third kappa shape index (κ3) is 8.22. The first-order valence-corrected chi connectivity index (χ1v) is 11.0. The van der Waals surface area contributed by atoms with Crippen LogP contribution in [0.5, 0.6) is 5.75 Å². The van der Waals surface area contributed by atoms with E-state index < -0.39 is 22.3 Å². The Kier molecular flexibility index (Phi) is 9.07. The Bertz CT molecular complexity index is 956. The molecule has 0 amide bonds. The molecular formula is C25H32FNO6. The Morgan fingerprint density at radius 2 is 1.73 bits per heavy atom. The van der Waals surface area contributed by atoms with Gasteiger partial charge >= 0.3 is 5.97 Å². The number of nitrogens with zero attached hydrogens (tertiary/aromatic N) is 1. The van der Waals surface area contributed by atoms with E-state index in [2.05, 4.69) is 0 Å². The number of halogens is 1. The minimum atomic E-state index is -0.694. The van der Waals surface area contributed by atoms with E-state index in [1.54, 1.807) is 12.1 Å². The number of benzene rings is 2. The van der Waals surface area contributed by atoms with E-state index in [0.717, 1.165) is 5.56 Å². The number of rotatable bonds is 12. The van der Waals surface area contributed by atoms with Crippen LogP contribution in [0, 0.1) is 15.9 Å². The second kappa shape index (κ2) is 11.3. The number of hydrogen-bond acceptors (Lipinski definition) is 6. The molecule has 0 fully saturated rings. The monoisotopic (exact) mass is 461 g/mol. The van der Waals surface area contributed by atoms with Gasteiger partial charge in [0.05, 0.1) is 29.2 Å². The Hall–Kier alpha value is -2.84. The van der Waals surface area contributed by atoms with Crippen molar-refractivity contribution in [3.8, 4) is 5.75 Å². The van der Waals surface area contributed by atoms with Crippen molar-refractivity contribution in [1.29, 1.82) is 0 Å². The van der Waals surface area contributed by atoms with Gasteiger partial charge in [0.15, 0.2) is 0 Å². The fourth-order valence-corrected chi connectivity index (χ4v) is 3.36. The number of esters is 1. The van der Waals surface area contributed by atoms with Crippen molar-refractivity contribution < 1.29 is 28.3 Å². The van der Waals surface area contributed by atoms with Crippen LogP contribution in [-0.4, -0.2) is 29.7 Å². The molecule has 0 aromatic heterocycles. The summed E-state index contributed by atoms with van der Waals surface area (Å²) in [7, 11) is 0. The maximum atomic E-state index is 13.0. The lowest BCUT2D eigenvalue weighted by Gasteiger charge is -2.30. The summed E-state index contributed by atoms with van der Waals surface area (Å²) in [6.45, 7) is 10.8. The number of carbonyl (C=O) groups is 1. The predicted octanol–water partition coefficient (Wildman–Crippen LogP) is 5.73. The van der Waals surface area contributed by atoms with E-state index in [9.17, 15) is 19.3 Å². The summed E-state index contributed by atoms with van der Waals surface area (Å²) in [5, 5.41) is 11.5. The van der Waals surface area contributed by atoms with Gasteiger partial charge in [-0.15, -0.1) is 0 Å². The van der Waals surface area contributed by atoms with E-state index in [4.69, 9.17) is 14.2 Å². The number of aryl methyl sites for hydroxylation is 1. The SMILES string of the molecule is CCOC(C)(C)CCOC(C)(C)c1ccc([N+](=O)[O-])c(CCC(=O)Oc2ccc(F)cc2)c1. The van der Waals surface area contributed by atoms with Crippen molar-refractivity contribution in [3.05, 3.63) is 69.5 Å². The van der Waals surface area contributed by atoms with Crippen LogP contribution in [0.2, 0.25) is 0 Å². The minimum absolute atomic E-state index is 0.0640. The van der Waals surface area contributed by atoms with E-state index in [-0.39, 0.29) is 29.9 Å². The molecule has 0 radical (unpaired) electrons. The van der Waals surface area contributed by atoms with Crippen molar-refractivity contribution in [2.45, 2.75) is 65.1 Å². The lowest BCUT2D eigenvalue weighted by atomic mass is 9.93. The highest BCUT2D eigenvalue weighted by atomic mass is 19.1. The molecular weight excluding hydrogens is 429 g/mol. The summed E-state index contributed by atoms with van der Waals surface area (Å²) in [5.74, 6) is -0.780. The molecule has 2 aromatic rings. The van der Waals surface area contributed by atoms with E-state index >= 15 is 0 Å². The summed E-state index contributed by atoms with van der Waals surface area (Å²) < 4.78 is 30.0. The molecule has 0 bridgehead atoms. The maximum absolute atomic E-state index is 13.0.